The van der Waals surface area contributed by atoms with Gasteiger partial charge in [0.2, 0.25) is 0 Å². The maximum absolute atomic E-state index is 11.1. The van der Waals surface area contributed by atoms with Gasteiger partial charge in [-0.25, -0.2) is 5.48 Å². The van der Waals surface area contributed by atoms with E-state index in [2.05, 4.69) is 10.2 Å². The van der Waals surface area contributed by atoms with E-state index in [1.54, 1.807) is 29.7 Å². The maximum Gasteiger partial charge on any atom is 0.274 e. The molecule has 0 unspecified atom stereocenters. The van der Waals surface area contributed by atoms with Crippen molar-refractivity contribution < 1.29 is 10.0 Å². The molecule has 2 aromatic rings. The van der Waals surface area contributed by atoms with Gasteiger partial charge in [0.25, 0.3) is 5.91 Å². The second-order valence-corrected chi connectivity index (χ2v) is 3.52. The van der Waals surface area contributed by atoms with E-state index in [0.29, 0.717) is 11.3 Å². The standard InChI is InChI=1S/C13H11N3O2/c17-13(16-18)10-6-8-12(9-7-10)15-14-11-4-2-1-3-5-11/h1-9,18H,(H,16,17)/b15-14+. The van der Waals surface area contributed by atoms with E-state index < -0.39 is 5.91 Å². The molecular formula is C13H11N3O2. The molecule has 0 aliphatic heterocycles. The Morgan fingerprint density at radius 1 is 0.889 bits per heavy atom. The van der Waals surface area contributed by atoms with E-state index in [-0.39, 0.29) is 0 Å². The lowest BCUT2D eigenvalue weighted by Crippen LogP contribution is -2.18. The first-order chi connectivity index (χ1) is 8.79. The zero-order valence-corrected chi connectivity index (χ0v) is 9.45. The van der Waals surface area contributed by atoms with Gasteiger partial charge in [-0.3, -0.25) is 10.0 Å². The minimum Gasteiger partial charge on any atom is -0.288 e. The second-order valence-electron chi connectivity index (χ2n) is 3.52. The van der Waals surface area contributed by atoms with Gasteiger partial charge in [0.1, 0.15) is 0 Å². The summed E-state index contributed by atoms with van der Waals surface area (Å²) in [6.45, 7) is 0. The van der Waals surface area contributed by atoms with Crippen molar-refractivity contribution in [2.45, 2.75) is 0 Å². The first-order valence-electron chi connectivity index (χ1n) is 5.31. The van der Waals surface area contributed by atoms with Gasteiger partial charge in [-0.15, -0.1) is 0 Å². The van der Waals surface area contributed by atoms with Crippen LogP contribution in [0.1, 0.15) is 10.4 Å². The molecule has 0 aromatic heterocycles. The molecule has 0 atom stereocenters. The summed E-state index contributed by atoms with van der Waals surface area (Å²) in [7, 11) is 0. The Hall–Kier alpha value is -2.53. The number of rotatable bonds is 3. The third kappa shape index (κ3) is 2.99. The number of carbonyl (C=O) groups excluding carboxylic acids is 1. The largest absolute Gasteiger partial charge is 0.288 e. The Balaban J connectivity index is 2.11. The van der Waals surface area contributed by atoms with Crippen LogP contribution >= 0.6 is 0 Å². The summed E-state index contributed by atoms with van der Waals surface area (Å²) in [4.78, 5) is 11.1. The number of azo groups is 1. The van der Waals surface area contributed by atoms with Crippen molar-refractivity contribution >= 4 is 17.3 Å². The van der Waals surface area contributed by atoms with Crippen molar-refractivity contribution in [3.05, 3.63) is 60.2 Å². The number of nitrogens with one attached hydrogen (secondary N) is 1. The predicted molar refractivity (Wildman–Crippen MR) is 66.3 cm³/mol. The summed E-state index contributed by atoms with van der Waals surface area (Å²) >= 11 is 0. The van der Waals surface area contributed by atoms with Gasteiger partial charge in [0, 0.05) is 5.56 Å². The van der Waals surface area contributed by atoms with Gasteiger partial charge in [0.05, 0.1) is 11.4 Å². The summed E-state index contributed by atoms with van der Waals surface area (Å²) in [5, 5.41) is 16.5. The van der Waals surface area contributed by atoms with Crippen LogP contribution in [0.3, 0.4) is 0 Å². The quantitative estimate of drug-likeness (QED) is 0.492. The number of benzene rings is 2. The monoisotopic (exact) mass is 241 g/mol. The molecule has 0 saturated carbocycles. The highest BCUT2D eigenvalue weighted by Gasteiger charge is 2.02. The fraction of sp³-hybridized carbons (Fsp3) is 0. The van der Waals surface area contributed by atoms with Crippen molar-refractivity contribution in [3.63, 3.8) is 0 Å². The molecule has 0 spiro atoms. The first kappa shape index (κ1) is 11.9. The second kappa shape index (κ2) is 5.70. The normalized spacial score (nSPS) is 10.5. The van der Waals surface area contributed by atoms with Crippen LogP contribution in [0.25, 0.3) is 0 Å². The molecule has 0 heterocycles. The van der Waals surface area contributed by atoms with Crippen LogP contribution in [-0.2, 0) is 0 Å². The number of hydroxylamine groups is 1. The highest BCUT2D eigenvalue weighted by atomic mass is 16.5. The molecule has 90 valence electrons. The third-order valence-corrected chi connectivity index (χ3v) is 2.27. The van der Waals surface area contributed by atoms with Gasteiger partial charge in [-0.2, -0.15) is 10.2 Å². The molecule has 0 radical (unpaired) electrons. The van der Waals surface area contributed by atoms with Gasteiger partial charge >= 0.3 is 0 Å². The van der Waals surface area contributed by atoms with Crippen LogP contribution in [0.4, 0.5) is 11.4 Å². The number of carbonyl (C=O) groups is 1. The Kier molecular flexibility index (Phi) is 3.78. The lowest BCUT2D eigenvalue weighted by atomic mass is 10.2. The molecule has 0 bridgehead atoms. The molecule has 1 amide bonds. The van der Waals surface area contributed by atoms with Crippen molar-refractivity contribution in [2.75, 3.05) is 0 Å². The molecule has 5 nitrogen and oxygen atoms in total. The fourth-order valence-corrected chi connectivity index (χ4v) is 1.35. The van der Waals surface area contributed by atoms with Gasteiger partial charge in [0.15, 0.2) is 0 Å². The van der Waals surface area contributed by atoms with Crippen LogP contribution in [0.15, 0.2) is 64.8 Å². The third-order valence-electron chi connectivity index (χ3n) is 2.27. The molecular weight excluding hydrogens is 230 g/mol. The number of hydrogen-bond donors (Lipinski definition) is 2. The van der Waals surface area contributed by atoms with Crippen molar-refractivity contribution in [3.8, 4) is 0 Å². The molecule has 2 rings (SSSR count). The molecule has 2 aromatic carbocycles. The highest BCUT2D eigenvalue weighted by Crippen LogP contribution is 2.18. The lowest BCUT2D eigenvalue weighted by molar-refractivity contribution is 0.0706. The molecule has 0 fully saturated rings. The Morgan fingerprint density at radius 3 is 2.00 bits per heavy atom. The summed E-state index contributed by atoms with van der Waals surface area (Å²) in [6, 6.07) is 15.8. The molecule has 2 N–H and O–H groups in total. The average Bonchev–Trinajstić information content (AvgIpc) is 2.46. The minimum atomic E-state index is -0.554. The summed E-state index contributed by atoms with van der Waals surface area (Å²) in [6.07, 6.45) is 0. The van der Waals surface area contributed by atoms with E-state index >= 15 is 0 Å². The summed E-state index contributed by atoms with van der Waals surface area (Å²) < 4.78 is 0. The van der Waals surface area contributed by atoms with Gasteiger partial charge < -0.3 is 0 Å². The Bertz CT molecular complexity index is 550. The van der Waals surface area contributed by atoms with E-state index in [1.807, 2.05) is 30.3 Å². The zero-order valence-electron chi connectivity index (χ0n) is 9.45. The number of nitrogens with zero attached hydrogens (tertiary/aromatic N) is 2. The lowest BCUT2D eigenvalue weighted by Gasteiger charge is -1.98. The fourth-order valence-electron chi connectivity index (χ4n) is 1.35. The molecule has 18 heavy (non-hydrogen) atoms. The Labute approximate surface area is 104 Å². The first-order valence-corrected chi connectivity index (χ1v) is 5.31. The van der Waals surface area contributed by atoms with E-state index in [4.69, 9.17) is 5.21 Å². The van der Waals surface area contributed by atoms with Crippen molar-refractivity contribution in [1.29, 1.82) is 0 Å². The van der Waals surface area contributed by atoms with Crippen LogP contribution in [0.2, 0.25) is 0 Å². The summed E-state index contributed by atoms with van der Waals surface area (Å²) in [5.41, 5.74) is 3.31. The number of amides is 1. The minimum absolute atomic E-state index is 0.358. The maximum atomic E-state index is 11.1. The molecule has 5 heteroatoms. The van der Waals surface area contributed by atoms with E-state index in [0.717, 1.165) is 5.69 Å². The topological polar surface area (TPSA) is 74.0 Å². The molecule has 0 aliphatic rings. The van der Waals surface area contributed by atoms with Gasteiger partial charge in [-0.05, 0) is 36.4 Å². The van der Waals surface area contributed by atoms with E-state index in [1.165, 1.54) is 0 Å². The predicted octanol–water partition coefficient (Wildman–Crippen LogP) is 3.22. The van der Waals surface area contributed by atoms with Crippen LogP contribution in [-0.4, -0.2) is 11.1 Å². The highest BCUT2D eigenvalue weighted by molar-refractivity contribution is 5.93. The van der Waals surface area contributed by atoms with Crippen LogP contribution < -0.4 is 5.48 Å². The van der Waals surface area contributed by atoms with Crippen LogP contribution in [0, 0.1) is 0 Å². The zero-order chi connectivity index (χ0) is 12.8. The smallest absolute Gasteiger partial charge is 0.274 e. The van der Waals surface area contributed by atoms with Gasteiger partial charge in [-0.1, -0.05) is 18.2 Å². The average molecular weight is 241 g/mol. The van der Waals surface area contributed by atoms with E-state index in [9.17, 15) is 4.79 Å². The van der Waals surface area contributed by atoms with Crippen molar-refractivity contribution in [2.24, 2.45) is 10.2 Å². The van der Waals surface area contributed by atoms with Crippen molar-refractivity contribution in [1.82, 2.24) is 5.48 Å². The Morgan fingerprint density at radius 2 is 1.44 bits per heavy atom. The SMILES string of the molecule is O=C(NO)c1ccc(/N=N/c2ccccc2)cc1. The molecule has 0 saturated heterocycles. The molecule has 0 aliphatic carbocycles. The summed E-state index contributed by atoms with van der Waals surface area (Å²) in [5.74, 6) is -0.554. The number of hydrogen-bond acceptors (Lipinski definition) is 4. The van der Waals surface area contributed by atoms with Crippen LogP contribution in [0.5, 0.6) is 0 Å².